The van der Waals surface area contributed by atoms with Gasteiger partial charge in [-0.25, -0.2) is 0 Å². The molecular weight excluding hydrogens is 392 g/mol. The molecular formula is C25H18N2O4. The minimum Gasteiger partial charge on any atom is -0.481 e. The lowest BCUT2D eigenvalue weighted by Gasteiger charge is -2.14. The quantitative estimate of drug-likeness (QED) is 0.413. The first-order chi connectivity index (χ1) is 14.9. The molecule has 4 aromatic rings. The van der Waals surface area contributed by atoms with Gasteiger partial charge in [0.1, 0.15) is 0 Å². The number of H-pyrrole nitrogens is 1. The van der Waals surface area contributed by atoms with Gasteiger partial charge >= 0.3 is 11.9 Å². The molecule has 0 saturated heterocycles. The average molecular weight is 410 g/mol. The van der Waals surface area contributed by atoms with Crippen molar-refractivity contribution in [3.8, 4) is 28.5 Å². The van der Waals surface area contributed by atoms with Crippen LogP contribution in [0.5, 0.6) is 0 Å². The standard InChI is InChI=1S/C25H18N2O4/c26-14-15-6-7-22-19(8-15)12-23(27-22)20-10-17(16-4-2-1-3-5-16)9-18(11-20)21(25(30)31)13-24(28)29/h1-12,21,27H,13H2,(H,28,29)(H,30,31). The molecule has 0 fully saturated rings. The summed E-state index contributed by atoms with van der Waals surface area (Å²) in [5.74, 6) is -3.53. The molecule has 1 heterocycles. The van der Waals surface area contributed by atoms with Crippen LogP contribution in [0.25, 0.3) is 33.3 Å². The SMILES string of the molecule is N#Cc1ccc2[nH]c(-c3cc(-c4ccccc4)cc(C(CC(=O)O)C(=O)O)c3)cc2c1. The van der Waals surface area contributed by atoms with E-state index in [2.05, 4.69) is 11.1 Å². The normalized spacial score (nSPS) is 11.7. The number of nitrogens with zero attached hydrogens (tertiary/aromatic N) is 1. The number of nitrogens with one attached hydrogen (secondary N) is 1. The maximum Gasteiger partial charge on any atom is 0.311 e. The number of nitriles is 1. The van der Waals surface area contributed by atoms with E-state index < -0.39 is 24.3 Å². The molecule has 152 valence electrons. The Morgan fingerprint density at radius 3 is 2.32 bits per heavy atom. The predicted molar refractivity (Wildman–Crippen MR) is 117 cm³/mol. The van der Waals surface area contributed by atoms with Gasteiger partial charge in [0.05, 0.1) is 24.0 Å². The van der Waals surface area contributed by atoms with Crippen molar-refractivity contribution >= 4 is 22.8 Å². The van der Waals surface area contributed by atoms with Crippen LogP contribution in [-0.2, 0) is 9.59 Å². The van der Waals surface area contributed by atoms with Gasteiger partial charge in [0.25, 0.3) is 0 Å². The molecule has 3 aromatic carbocycles. The summed E-state index contributed by atoms with van der Waals surface area (Å²) < 4.78 is 0. The molecule has 4 rings (SSSR count). The van der Waals surface area contributed by atoms with Gasteiger partial charge in [0, 0.05) is 16.6 Å². The van der Waals surface area contributed by atoms with Crippen molar-refractivity contribution in [2.24, 2.45) is 0 Å². The highest BCUT2D eigenvalue weighted by Gasteiger charge is 2.24. The zero-order valence-corrected chi connectivity index (χ0v) is 16.4. The molecule has 1 atom stereocenters. The molecule has 31 heavy (non-hydrogen) atoms. The van der Waals surface area contributed by atoms with E-state index in [0.717, 1.165) is 33.3 Å². The zero-order valence-electron chi connectivity index (χ0n) is 16.4. The van der Waals surface area contributed by atoms with Gasteiger partial charge in [-0.2, -0.15) is 5.26 Å². The van der Waals surface area contributed by atoms with Crippen LogP contribution in [0.2, 0.25) is 0 Å². The van der Waals surface area contributed by atoms with Gasteiger partial charge in [-0.05, 0) is 58.7 Å². The van der Waals surface area contributed by atoms with E-state index in [1.807, 2.05) is 48.5 Å². The van der Waals surface area contributed by atoms with Crippen molar-refractivity contribution in [3.63, 3.8) is 0 Å². The molecule has 3 N–H and O–H groups in total. The number of fused-ring (bicyclic) bond motifs is 1. The fourth-order valence-corrected chi connectivity index (χ4v) is 3.69. The van der Waals surface area contributed by atoms with E-state index >= 15 is 0 Å². The molecule has 6 heteroatoms. The van der Waals surface area contributed by atoms with Gasteiger partial charge in [-0.3, -0.25) is 9.59 Å². The highest BCUT2D eigenvalue weighted by Crippen LogP contribution is 2.33. The highest BCUT2D eigenvalue weighted by atomic mass is 16.4. The van der Waals surface area contributed by atoms with E-state index in [1.165, 1.54) is 0 Å². The van der Waals surface area contributed by atoms with E-state index in [-0.39, 0.29) is 0 Å². The number of benzene rings is 3. The molecule has 0 radical (unpaired) electrons. The van der Waals surface area contributed by atoms with E-state index in [1.54, 1.807) is 24.3 Å². The number of carboxylic acid groups (broad SMARTS) is 2. The number of aromatic nitrogens is 1. The van der Waals surface area contributed by atoms with Crippen LogP contribution < -0.4 is 0 Å². The van der Waals surface area contributed by atoms with Gasteiger partial charge in [-0.15, -0.1) is 0 Å². The minimum absolute atomic E-state index is 0.419. The largest absolute Gasteiger partial charge is 0.481 e. The molecule has 1 aromatic heterocycles. The van der Waals surface area contributed by atoms with Crippen molar-refractivity contribution in [1.82, 2.24) is 4.98 Å². The van der Waals surface area contributed by atoms with Crippen molar-refractivity contribution in [1.29, 1.82) is 5.26 Å². The summed E-state index contributed by atoms with van der Waals surface area (Å²) in [7, 11) is 0. The maximum absolute atomic E-state index is 11.8. The van der Waals surface area contributed by atoms with Crippen molar-refractivity contribution < 1.29 is 19.8 Å². The molecule has 0 aliphatic carbocycles. The monoisotopic (exact) mass is 410 g/mol. The zero-order chi connectivity index (χ0) is 22.0. The van der Waals surface area contributed by atoms with Gasteiger partial charge in [-0.1, -0.05) is 36.4 Å². The number of aromatic amines is 1. The molecule has 0 amide bonds. The Balaban J connectivity index is 1.90. The smallest absolute Gasteiger partial charge is 0.311 e. The second kappa shape index (κ2) is 8.17. The lowest BCUT2D eigenvalue weighted by molar-refractivity contribution is -0.145. The highest BCUT2D eigenvalue weighted by molar-refractivity contribution is 5.89. The predicted octanol–water partition coefficient (Wildman–Crippen LogP) is 5.02. The Kier molecular flexibility index (Phi) is 5.25. The Bertz CT molecular complexity index is 1330. The maximum atomic E-state index is 11.8. The van der Waals surface area contributed by atoms with E-state index in [0.29, 0.717) is 11.1 Å². The summed E-state index contributed by atoms with van der Waals surface area (Å²) in [6.07, 6.45) is -0.509. The number of carbonyl (C=O) groups is 2. The van der Waals surface area contributed by atoms with Crippen LogP contribution in [0.3, 0.4) is 0 Å². The minimum atomic E-state index is -1.19. The van der Waals surface area contributed by atoms with Crippen LogP contribution in [-0.4, -0.2) is 27.1 Å². The van der Waals surface area contributed by atoms with Crippen molar-refractivity contribution in [2.75, 3.05) is 0 Å². The van der Waals surface area contributed by atoms with Crippen LogP contribution >= 0.6 is 0 Å². The topological polar surface area (TPSA) is 114 Å². The van der Waals surface area contributed by atoms with Gasteiger partial charge in [0.2, 0.25) is 0 Å². The summed E-state index contributed by atoms with van der Waals surface area (Å²) in [6, 6.07) is 24.2. The number of carboxylic acids is 2. The molecule has 0 bridgehead atoms. The van der Waals surface area contributed by atoms with Crippen molar-refractivity contribution in [2.45, 2.75) is 12.3 Å². The summed E-state index contributed by atoms with van der Waals surface area (Å²) in [5, 5.41) is 28.9. The first-order valence-corrected chi connectivity index (χ1v) is 9.63. The van der Waals surface area contributed by atoms with E-state index in [4.69, 9.17) is 5.26 Å². The second-order valence-electron chi connectivity index (χ2n) is 7.30. The Labute approximate surface area is 178 Å². The number of rotatable bonds is 6. The fourth-order valence-electron chi connectivity index (χ4n) is 3.69. The lowest BCUT2D eigenvalue weighted by Crippen LogP contribution is -2.16. The molecule has 0 aliphatic rings. The van der Waals surface area contributed by atoms with Crippen LogP contribution in [0, 0.1) is 11.3 Å². The molecule has 0 saturated carbocycles. The Morgan fingerprint density at radius 2 is 1.65 bits per heavy atom. The first kappa shape index (κ1) is 19.9. The molecule has 0 spiro atoms. The Morgan fingerprint density at radius 1 is 0.903 bits per heavy atom. The second-order valence-corrected chi connectivity index (χ2v) is 7.30. The number of aliphatic carboxylic acids is 2. The fraction of sp³-hybridized carbons (Fsp3) is 0.0800. The molecule has 1 unspecified atom stereocenters. The third-order valence-electron chi connectivity index (χ3n) is 5.20. The summed E-state index contributed by atoms with van der Waals surface area (Å²) in [4.78, 5) is 26.4. The van der Waals surface area contributed by atoms with Crippen LogP contribution in [0.15, 0.2) is 72.8 Å². The van der Waals surface area contributed by atoms with E-state index in [9.17, 15) is 19.8 Å². The lowest BCUT2D eigenvalue weighted by atomic mass is 9.90. The first-order valence-electron chi connectivity index (χ1n) is 9.63. The summed E-state index contributed by atoms with van der Waals surface area (Å²) >= 11 is 0. The Hall–Kier alpha value is -4.37. The third-order valence-corrected chi connectivity index (χ3v) is 5.20. The third kappa shape index (κ3) is 4.16. The summed E-state index contributed by atoms with van der Waals surface area (Å²) in [5.41, 5.74) is 4.99. The van der Waals surface area contributed by atoms with Crippen molar-refractivity contribution in [3.05, 3.63) is 83.9 Å². The van der Waals surface area contributed by atoms with Crippen LogP contribution in [0.1, 0.15) is 23.5 Å². The van der Waals surface area contributed by atoms with Gasteiger partial charge in [0.15, 0.2) is 0 Å². The molecule has 0 aliphatic heterocycles. The average Bonchev–Trinajstić information content (AvgIpc) is 3.21. The van der Waals surface area contributed by atoms with Crippen LogP contribution in [0.4, 0.5) is 0 Å². The number of hydrogen-bond acceptors (Lipinski definition) is 3. The summed E-state index contributed by atoms with van der Waals surface area (Å²) in [6.45, 7) is 0. The molecule has 6 nitrogen and oxygen atoms in total. The number of hydrogen-bond donors (Lipinski definition) is 3. The van der Waals surface area contributed by atoms with Gasteiger partial charge < -0.3 is 15.2 Å².